The molecule has 1 spiro atoms. The SMILES string of the molecule is CC1CCC2C(C)C(C)(O)OC3OC4(C)CCC1C32O4. The minimum Gasteiger partial charge on any atom is -0.365 e. The molecule has 0 aromatic carbocycles. The second-order valence-electron chi connectivity index (χ2n) is 7.81. The lowest BCUT2D eigenvalue weighted by Gasteiger charge is -2.59. The van der Waals surface area contributed by atoms with Crippen LogP contribution in [0.3, 0.4) is 0 Å². The average Bonchev–Trinajstić information content (AvgIpc) is 2.55. The molecule has 4 aliphatic rings. The fraction of sp³-hybridized carbons (Fsp3) is 1.00. The summed E-state index contributed by atoms with van der Waals surface area (Å²) in [5.41, 5.74) is -0.341. The quantitative estimate of drug-likeness (QED) is 0.742. The first kappa shape index (κ1) is 13.5. The van der Waals surface area contributed by atoms with Gasteiger partial charge in [-0.1, -0.05) is 13.8 Å². The smallest absolute Gasteiger partial charge is 0.193 e. The van der Waals surface area contributed by atoms with Crippen LogP contribution < -0.4 is 0 Å². The molecule has 1 aliphatic carbocycles. The lowest BCUT2D eigenvalue weighted by molar-refractivity contribution is -0.371. The molecule has 3 heterocycles. The van der Waals surface area contributed by atoms with E-state index in [0.29, 0.717) is 17.8 Å². The van der Waals surface area contributed by atoms with E-state index in [2.05, 4.69) is 13.8 Å². The van der Waals surface area contributed by atoms with Gasteiger partial charge in [0.25, 0.3) is 0 Å². The standard InChI is InChI=1S/C16H26O4/c1-9-5-6-12-10(2)15(4,17)19-13-16(12)11(9)7-8-14(3,18-13)20-16/h9-13,17H,5-8H2,1-4H3. The first-order valence-electron chi connectivity index (χ1n) is 8.07. The Balaban J connectivity index is 1.83. The van der Waals surface area contributed by atoms with Gasteiger partial charge in [-0.2, -0.15) is 0 Å². The Kier molecular flexibility index (Phi) is 2.55. The van der Waals surface area contributed by atoms with Crippen LogP contribution in [0.2, 0.25) is 0 Å². The van der Waals surface area contributed by atoms with Crippen LogP contribution >= 0.6 is 0 Å². The van der Waals surface area contributed by atoms with Gasteiger partial charge in [-0.15, -0.1) is 0 Å². The molecule has 20 heavy (non-hydrogen) atoms. The summed E-state index contributed by atoms with van der Waals surface area (Å²) < 4.78 is 18.6. The van der Waals surface area contributed by atoms with Gasteiger partial charge in [-0.25, -0.2) is 0 Å². The molecule has 3 saturated heterocycles. The maximum Gasteiger partial charge on any atom is 0.193 e. The number of hydrogen-bond donors (Lipinski definition) is 1. The maximum absolute atomic E-state index is 10.6. The predicted octanol–water partition coefficient (Wildman–Crippen LogP) is 2.65. The molecule has 0 aromatic heterocycles. The second kappa shape index (κ2) is 3.78. The molecule has 0 amide bonds. The maximum atomic E-state index is 10.6. The van der Waals surface area contributed by atoms with Crippen LogP contribution in [-0.4, -0.2) is 28.6 Å². The molecular formula is C16H26O4. The van der Waals surface area contributed by atoms with Crippen molar-refractivity contribution in [1.82, 2.24) is 0 Å². The van der Waals surface area contributed by atoms with Crippen molar-refractivity contribution in [2.24, 2.45) is 23.7 Å². The van der Waals surface area contributed by atoms with Gasteiger partial charge in [0.15, 0.2) is 17.9 Å². The van der Waals surface area contributed by atoms with Crippen LogP contribution in [0.4, 0.5) is 0 Å². The van der Waals surface area contributed by atoms with Crippen LogP contribution in [0, 0.1) is 23.7 Å². The van der Waals surface area contributed by atoms with Gasteiger partial charge in [0.2, 0.25) is 0 Å². The van der Waals surface area contributed by atoms with Crippen LogP contribution in [0.25, 0.3) is 0 Å². The van der Waals surface area contributed by atoms with Crippen molar-refractivity contribution < 1.29 is 19.3 Å². The van der Waals surface area contributed by atoms with Gasteiger partial charge < -0.3 is 19.3 Å². The number of fused-ring (bicyclic) bond motifs is 1. The van der Waals surface area contributed by atoms with Gasteiger partial charge >= 0.3 is 0 Å². The highest BCUT2D eigenvalue weighted by atomic mass is 16.9. The van der Waals surface area contributed by atoms with Crippen molar-refractivity contribution in [3.05, 3.63) is 0 Å². The first-order valence-corrected chi connectivity index (χ1v) is 8.07. The number of hydrogen-bond acceptors (Lipinski definition) is 4. The summed E-state index contributed by atoms with van der Waals surface area (Å²) in [6.45, 7) is 8.21. The summed E-state index contributed by atoms with van der Waals surface area (Å²) in [5.74, 6) is -0.143. The Labute approximate surface area is 120 Å². The Bertz CT molecular complexity index is 436. The van der Waals surface area contributed by atoms with Crippen LogP contribution in [-0.2, 0) is 14.2 Å². The third-order valence-electron chi connectivity index (χ3n) is 6.60. The largest absolute Gasteiger partial charge is 0.365 e. The van der Waals surface area contributed by atoms with E-state index in [9.17, 15) is 5.11 Å². The molecule has 0 radical (unpaired) electrons. The highest BCUT2D eigenvalue weighted by Crippen LogP contribution is 2.64. The van der Waals surface area contributed by atoms with Crippen molar-refractivity contribution in [2.75, 3.05) is 0 Å². The molecule has 8 unspecified atom stereocenters. The van der Waals surface area contributed by atoms with E-state index < -0.39 is 17.9 Å². The van der Waals surface area contributed by atoms with Gasteiger partial charge in [0.05, 0.1) is 0 Å². The molecule has 0 aromatic rings. The van der Waals surface area contributed by atoms with Crippen LogP contribution in [0.15, 0.2) is 0 Å². The van der Waals surface area contributed by atoms with Gasteiger partial charge in [0, 0.05) is 18.3 Å². The predicted molar refractivity (Wildman–Crippen MR) is 72.6 cm³/mol. The van der Waals surface area contributed by atoms with Gasteiger partial charge in [0.1, 0.15) is 5.60 Å². The highest BCUT2D eigenvalue weighted by molar-refractivity contribution is 5.13. The highest BCUT2D eigenvalue weighted by Gasteiger charge is 2.72. The van der Waals surface area contributed by atoms with Crippen molar-refractivity contribution in [3.63, 3.8) is 0 Å². The number of rotatable bonds is 0. The topological polar surface area (TPSA) is 47.9 Å². The zero-order valence-electron chi connectivity index (χ0n) is 12.9. The molecule has 8 atom stereocenters. The van der Waals surface area contributed by atoms with E-state index in [-0.39, 0.29) is 11.5 Å². The summed E-state index contributed by atoms with van der Waals surface area (Å²) >= 11 is 0. The summed E-state index contributed by atoms with van der Waals surface area (Å²) in [5, 5.41) is 10.6. The summed E-state index contributed by atoms with van der Waals surface area (Å²) in [6, 6.07) is 0. The van der Waals surface area contributed by atoms with Crippen LogP contribution in [0.5, 0.6) is 0 Å². The van der Waals surface area contributed by atoms with Gasteiger partial charge in [-0.3, -0.25) is 0 Å². The fourth-order valence-corrected chi connectivity index (χ4v) is 5.35. The minimum atomic E-state index is -1.12. The van der Waals surface area contributed by atoms with E-state index in [1.54, 1.807) is 6.92 Å². The molecule has 114 valence electrons. The van der Waals surface area contributed by atoms with Crippen LogP contribution in [0.1, 0.15) is 53.4 Å². The molecule has 3 aliphatic heterocycles. The molecule has 4 nitrogen and oxygen atoms in total. The lowest BCUT2D eigenvalue weighted by atomic mass is 9.56. The molecule has 2 bridgehead atoms. The average molecular weight is 282 g/mol. The van der Waals surface area contributed by atoms with Crippen molar-refractivity contribution in [1.29, 1.82) is 0 Å². The zero-order valence-corrected chi connectivity index (χ0v) is 12.9. The fourth-order valence-electron chi connectivity index (χ4n) is 5.35. The van der Waals surface area contributed by atoms with Crippen molar-refractivity contribution >= 4 is 0 Å². The van der Waals surface area contributed by atoms with E-state index in [1.165, 1.54) is 6.42 Å². The molecule has 4 rings (SSSR count). The van der Waals surface area contributed by atoms with E-state index >= 15 is 0 Å². The Morgan fingerprint density at radius 3 is 2.50 bits per heavy atom. The molecule has 1 saturated carbocycles. The molecule has 4 fully saturated rings. The monoisotopic (exact) mass is 282 g/mol. The molecular weight excluding hydrogens is 256 g/mol. The van der Waals surface area contributed by atoms with E-state index in [0.717, 1.165) is 19.3 Å². The lowest BCUT2D eigenvalue weighted by Crippen LogP contribution is -2.68. The molecule has 1 N–H and O–H groups in total. The summed E-state index contributed by atoms with van der Waals surface area (Å²) in [7, 11) is 0. The zero-order chi connectivity index (χ0) is 14.3. The number of aliphatic hydroxyl groups is 1. The Hall–Kier alpha value is -0.160. The third-order valence-corrected chi connectivity index (χ3v) is 6.60. The second-order valence-corrected chi connectivity index (χ2v) is 7.81. The van der Waals surface area contributed by atoms with E-state index in [1.807, 2.05) is 6.92 Å². The molecule has 4 heteroatoms. The summed E-state index contributed by atoms with van der Waals surface area (Å²) in [6.07, 6.45) is 3.95. The number of ether oxygens (including phenoxy) is 3. The summed E-state index contributed by atoms with van der Waals surface area (Å²) in [4.78, 5) is 0. The third kappa shape index (κ3) is 1.46. The Morgan fingerprint density at radius 2 is 1.75 bits per heavy atom. The first-order chi connectivity index (χ1) is 9.29. The van der Waals surface area contributed by atoms with E-state index in [4.69, 9.17) is 14.2 Å². The normalized spacial score (nSPS) is 65.0. The van der Waals surface area contributed by atoms with Crippen molar-refractivity contribution in [2.45, 2.75) is 76.8 Å². The minimum absolute atomic E-state index is 0.0674. The Morgan fingerprint density at radius 1 is 1.00 bits per heavy atom. The van der Waals surface area contributed by atoms with Crippen molar-refractivity contribution in [3.8, 4) is 0 Å². The van der Waals surface area contributed by atoms with Gasteiger partial charge in [-0.05, 0) is 44.9 Å².